The topological polar surface area (TPSA) is 58.2 Å². The highest BCUT2D eigenvalue weighted by atomic mass is 35.5. The first-order chi connectivity index (χ1) is 9.90. The Labute approximate surface area is 133 Å². The van der Waals surface area contributed by atoms with E-state index in [4.69, 9.17) is 11.6 Å². The molecule has 1 unspecified atom stereocenters. The van der Waals surface area contributed by atoms with Crippen molar-refractivity contribution >= 4 is 21.6 Å². The minimum Gasteiger partial charge on any atom is -0.316 e. The van der Waals surface area contributed by atoms with Crippen LogP contribution in [-0.2, 0) is 16.6 Å². The number of sulfonamides is 1. The van der Waals surface area contributed by atoms with E-state index in [9.17, 15) is 8.42 Å². The van der Waals surface area contributed by atoms with E-state index >= 15 is 0 Å². The van der Waals surface area contributed by atoms with E-state index in [0.717, 1.165) is 31.2 Å². The van der Waals surface area contributed by atoms with Gasteiger partial charge in [0.2, 0.25) is 10.0 Å². The van der Waals surface area contributed by atoms with Crippen molar-refractivity contribution in [3.8, 4) is 0 Å². The summed E-state index contributed by atoms with van der Waals surface area (Å²) in [5.74, 6) is 0. The van der Waals surface area contributed by atoms with E-state index in [1.54, 1.807) is 12.1 Å². The van der Waals surface area contributed by atoms with E-state index in [-0.39, 0.29) is 10.9 Å². The molecule has 4 nitrogen and oxygen atoms in total. The van der Waals surface area contributed by atoms with Gasteiger partial charge in [-0.05, 0) is 38.1 Å². The zero-order valence-corrected chi connectivity index (χ0v) is 14.5. The van der Waals surface area contributed by atoms with Gasteiger partial charge in [-0.2, -0.15) is 0 Å². The predicted octanol–water partition coefficient (Wildman–Crippen LogP) is 3.31. The number of rotatable bonds is 9. The Bertz CT molecular complexity index is 547. The Morgan fingerprint density at radius 2 is 2.00 bits per heavy atom. The van der Waals surface area contributed by atoms with Crippen LogP contribution < -0.4 is 10.0 Å². The molecular formula is C15H25ClN2O2S. The average molecular weight is 333 g/mol. The molecule has 1 aromatic carbocycles. The summed E-state index contributed by atoms with van der Waals surface area (Å²) < 4.78 is 27.3. The molecule has 0 saturated carbocycles. The van der Waals surface area contributed by atoms with E-state index in [1.165, 1.54) is 6.07 Å². The van der Waals surface area contributed by atoms with Crippen molar-refractivity contribution in [2.24, 2.45) is 0 Å². The Morgan fingerprint density at radius 1 is 1.29 bits per heavy atom. The van der Waals surface area contributed by atoms with Gasteiger partial charge >= 0.3 is 0 Å². The Kier molecular flexibility index (Phi) is 7.66. The van der Waals surface area contributed by atoms with Crippen LogP contribution in [0.2, 0.25) is 5.02 Å². The van der Waals surface area contributed by atoms with Gasteiger partial charge in [0.15, 0.2) is 0 Å². The molecule has 0 radical (unpaired) electrons. The second kappa shape index (κ2) is 8.73. The van der Waals surface area contributed by atoms with Crippen molar-refractivity contribution in [3.63, 3.8) is 0 Å². The van der Waals surface area contributed by atoms with Crippen LogP contribution in [0.25, 0.3) is 0 Å². The van der Waals surface area contributed by atoms with Crippen molar-refractivity contribution in [3.05, 3.63) is 28.8 Å². The van der Waals surface area contributed by atoms with Crippen LogP contribution in [0.3, 0.4) is 0 Å². The standard InChI is InChI=1S/C15H25ClN2O2S/c1-4-5-6-7-12(2)18-21(19,20)14-9-8-13(11-17-3)15(16)10-14/h8-10,12,17-18H,4-7,11H2,1-3H3. The van der Waals surface area contributed by atoms with Crippen molar-refractivity contribution in [1.82, 2.24) is 10.0 Å². The summed E-state index contributed by atoms with van der Waals surface area (Å²) in [5.41, 5.74) is 0.883. The summed E-state index contributed by atoms with van der Waals surface area (Å²) in [7, 11) is -1.69. The maximum Gasteiger partial charge on any atom is 0.240 e. The van der Waals surface area contributed by atoms with Gasteiger partial charge in [-0.1, -0.05) is 43.9 Å². The molecule has 0 fully saturated rings. The molecule has 1 atom stereocenters. The van der Waals surface area contributed by atoms with E-state index in [2.05, 4.69) is 17.0 Å². The maximum atomic E-state index is 12.3. The second-order valence-electron chi connectivity index (χ2n) is 5.30. The molecule has 0 aliphatic rings. The zero-order valence-electron chi connectivity index (χ0n) is 12.9. The van der Waals surface area contributed by atoms with Gasteiger partial charge < -0.3 is 5.32 Å². The van der Waals surface area contributed by atoms with Gasteiger partial charge in [-0.25, -0.2) is 13.1 Å². The van der Waals surface area contributed by atoms with Gasteiger partial charge in [0.05, 0.1) is 4.90 Å². The molecule has 0 heterocycles. The fraction of sp³-hybridized carbons (Fsp3) is 0.600. The van der Waals surface area contributed by atoms with E-state index < -0.39 is 10.0 Å². The van der Waals surface area contributed by atoms with Crippen molar-refractivity contribution in [2.75, 3.05) is 7.05 Å². The monoisotopic (exact) mass is 332 g/mol. The third kappa shape index (κ3) is 5.94. The summed E-state index contributed by atoms with van der Waals surface area (Å²) in [6.45, 7) is 4.63. The molecule has 1 rings (SSSR count). The second-order valence-corrected chi connectivity index (χ2v) is 7.42. The number of unbranched alkanes of at least 4 members (excludes halogenated alkanes) is 2. The first-order valence-electron chi connectivity index (χ1n) is 7.36. The fourth-order valence-corrected chi connectivity index (χ4v) is 3.74. The summed E-state index contributed by atoms with van der Waals surface area (Å²) in [4.78, 5) is 0.217. The lowest BCUT2D eigenvalue weighted by molar-refractivity contribution is 0.527. The minimum atomic E-state index is -3.51. The van der Waals surface area contributed by atoms with Gasteiger partial charge in [0.25, 0.3) is 0 Å². The molecule has 0 aliphatic carbocycles. The lowest BCUT2D eigenvalue weighted by Crippen LogP contribution is -2.32. The van der Waals surface area contributed by atoms with E-state index in [1.807, 2.05) is 14.0 Å². The highest BCUT2D eigenvalue weighted by Crippen LogP contribution is 2.21. The highest BCUT2D eigenvalue weighted by molar-refractivity contribution is 7.89. The molecule has 0 aromatic heterocycles. The van der Waals surface area contributed by atoms with Crippen LogP contribution in [0.1, 0.15) is 45.1 Å². The molecule has 0 aliphatic heterocycles. The number of benzene rings is 1. The molecule has 0 amide bonds. The number of hydrogen-bond donors (Lipinski definition) is 2. The number of nitrogens with one attached hydrogen (secondary N) is 2. The largest absolute Gasteiger partial charge is 0.316 e. The van der Waals surface area contributed by atoms with Crippen LogP contribution in [-0.4, -0.2) is 21.5 Å². The van der Waals surface area contributed by atoms with Crippen molar-refractivity contribution in [2.45, 2.75) is 57.0 Å². The van der Waals surface area contributed by atoms with Gasteiger partial charge in [0, 0.05) is 17.6 Å². The quantitative estimate of drug-likeness (QED) is 0.682. The maximum absolute atomic E-state index is 12.3. The first-order valence-corrected chi connectivity index (χ1v) is 9.22. The third-order valence-corrected chi connectivity index (χ3v) is 5.24. The molecular weight excluding hydrogens is 308 g/mol. The SMILES string of the molecule is CCCCCC(C)NS(=O)(=O)c1ccc(CNC)c(Cl)c1. The zero-order chi connectivity index (χ0) is 15.9. The third-order valence-electron chi connectivity index (χ3n) is 3.30. The van der Waals surface area contributed by atoms with Crippen LogP contribution in [0.15, 0.2) is 23.1 Å². The van der Waals surface area contributed by atoms with Gasteiger partial charge in [-0.15, -0.1) is 0 Å². The summed E-state index contributed by atoms with van der Waals surface area (Å²) >= 11 is 6.12. The van der Waals surface area contributed by atoms with Crippen molar-refractivity contribution in [1.29, 1.82) is 0 Å². The Balaban J connectivity index is 2.76. The van der Waals surface area contributed by atoms with Crippen LogP contribution in [0.4, 0.5) is 0 Å². The van der Waals surface area contributed by atoms with Gasteiger partial charge in [0.1, 0.15) is 0 Å². The lowest BCUT2D eigenvalue weighted by atomic mass is 10.1. The van der Waals surface area contributed by atoms with Crippen molar-refractivity contribution < 1.29 is 8.42 Å². The van der Waals surface area contributed by atoms with Crippen LogP contribution >= 0.6 is 11.6 Å². The van der Waals surface area contributed by atoms with Crippen LogP contribution in [0, 0.1) is 0 Å². The molecule has 0 spiro atoms. The lowest BCUT2D eigenvalue weighted by Gasteiger charge is -2.15. The Hall–Kier alpha value is -0.620. The number of halogens is 1. The summed E-state index contributed by atoms with van der Waals surface area (Å²) in [5, 5.41) is 3.46. The summed E-state index contributed by atoms with van der Waals surface area (Å²) in [6.07, 6.45) is 4.12. The molecule has 21 heavy (non-hydrogen) atoms. The minimum absolute atomic E-state index is 0.0719. The predicted molar refractivity (Wildman–Crippen MR) is 88.1 cm³/mol. The average Bonchev–Trinajstić information content (AvgIpc) is 2.41. The van der Waals surface area contributed by atoms with E-state index in [0.29, 0.717) is 11.6 Å². The first kappa shape index (κ1) is 18.4. The molecule has 0 bridgehead atoms. The normalized spacial score (nSPS) is 13.3. The molecule has 6 heteroatoms. The summed E-state index contributed by atoms with van der Waals surface area (Å²) in [6, 6.07) is 4.78. The molecule has 1 aromatic rings. The Morgan fingerprint density at radius 3 is 2.57 bits per heavy atom. The molecule has 0 saturated heterocycles. The van der Waals surface area contributed by atoms with Crippen LogP contribution in [0.5, 0.6) is 0 Å². The molecule has 2 N–H and O–H groups in total. The molecule has 120 valence electrons. The highest BCUT2D eigenvalue weighted by Gasteiger charge is 2.18. The smallest absolute Gasteiger partial charge is 0.240 e. The van der Waals surface area contributed by atoms with Gasteiger partial charge in [-0.3, -0.25) is 0 Å². The fourth-order valence-electron chi connectivity index (χ4n) is 2.12. The number of hydrogen-bond acceptors (Lipinski definition) is 3.